The van der Waals surface area contributed by atoms with Crippen LogP contribution in [-0.4, -0.2) is 34.1 Å². The van der Waals surface area contributed by atoms with Gasteiger partial charge in [-0.3, -0.25) is 9.59 Å². The monoisotopic (exact) mass is 422 g/mol. The molecule has 2 aliphatic rings. The number of nitrogens with zero attached hydrogens (tertiary/aromatic N) is 2. The molecule has 2 aromatic rings. The molecule has 7 nitrogen and oxygen atoms in total. The summed E-state index contributed by atoms with van der Waals surface area (Å²) in [6.07, 6.45) is 3.19. The molecule has 2 aliphatic carbocycles. The molecule has 0 bridgehead atoms. The van der Waals surface area contributed by atoms with Gasteiger partial charge in [0.15, 0.2) is 11.6 Å². The molecule has 1 N–H and O–H groups in total. The summed E-state index contributed by atoms with van der Waals surface area (Å²) in [5.74, 6) is 0.633. The molecule has 1 aromatic carbocycles. The summed E-state index contributed by atoms with van der Waals surface area (Å²) < 4.78 is 5.54. The van der Waals surface area contributed by atoms with Gasteiger partial charge in [-0.25, -0.2) is 0 Å². The summed E-state index contributed by atoms with van der Waals surface area (Å²) >= 11 is 0. The summed E-state index contributed by atoms with van der Waals surface area (Å²) in [5.41, 5.74) is 2.87. The molecule has 1 atom stereocenters. The highest BCUT2D eigenvalue weighted by Crippen LogP contribution is 2.34. The standard InChI is InChI=1S/C24H26N2O5/c1-2-30-25-17(23-19(27)9-6-10-20(23)28)11-12-18-24-21(29)13-16(14-22(24)31-26-18)15-7-4-3-5-8-15/h3-5,7-8,16,27H,2,6,9-14H2,1H3/b25-17+. The molecule has 4 rings (SSSR count). The Kier molecular flexibility index (Phi) is 6.30. The van der Waals surface area contributed by atoms with Crippen LogP contribution in [0.1, 0.15) is 72.3 Å². The number of fused-ring (bicyclic) bond motifs is 1. The van der Waals surface area contributed by atoms with Crippen molar-refractivity contribution in [2.45, 2.75) is 57.8 Å². The van der Waals surface area contributed by atoms with Gasteiger partial charge in [-0.2, -0.15) is 0 Å². The molecule has 162 valence electrons. The maximum Gasteiger partial charge on any atom is 0.168 e. The van der Waals surface area contributed by atoms with Crippen LogP contribution in [0.4, 0.5) is 0 Å². The number of aliphatic hydroxyl groups is 1. The summed E-state index contributed by atoms with van der Waals surface area (Å²) in [6.45, 7) is 2.15. The minimum Gasteiger partial charge on any atom is -0.511 e. The molecule has 0 saturated carbocycles. The summed E-state index contributed by atoms with van der Waals surface area (Å²) in [4.78, 5) is 30.5. The van der Waals surface area contributed by atoms with Crippen LogP contribution in [-0.2, 0) is 22.5 Å². The normalized spacial score (nSPS) is 19.5. The number of hydrogen-bond acceptors (Lipinski definition) is 7. The van der Waals surface area contributed by atoms with Gasteiger partial charge in [0.25, 0.3) is 0 Å². The number of aryl methyl sites for hydroxylation is 1. The molecular weight excluding hydrogens is 396 g/mol. The van der Waals surface area contributed by atoms with Gasteiger partial charge in [0, 0.05) is 25.7 Å². The fraction of sp³-hybridized carbons (Fsp3) is 0.417. The van der Waals surface area contributed by atoms with Crippen LogP contribution >= 0.6 is 0 Å². The molecule has 0 spiro atoms. The highest BCUT2D eigenvalue weighted by molar-refractivity contribution is 6.23. The largest absolute Gasteiger partial charge is 0.511 e. The molecule has 1 aromatic heterocycles. The fourth-order valence-corrected chi connectivity index (χ4v) is 4.32. The number of Topliss-reactive ketones (excluding diaryl/α,β-unsaturated/α-hetero) is 2. The van der Waals surface area contributed by atoms with Crippen molar-refractivity contribution in [3.8, 4) is 0 Å². The maximum absolute atomic E-state index is 12.9. The first-order valence-electron chi connectivity index (χ1n) is 10.8. The van der Waals surface area contributed by atoms with E-state index in [9.17, 15) is 14.7 Å². The third-order valence-electron chi connectivity index (χ3n) is 5.82. The molecule has 1 heterocycles. The highest BCUT2D eigenvalue weighted by atomic mass is 16.6. The van der Waals surface area contributed by atoms with Gasteiger partial charge in [-0.05, 0) is 37.7 Å². The van der Waals surface area contributed by atoms with E-state index >= 15 is 0 Å². The summed E-state index contributed by atoms with van der Waals surface area (Å²) in [6, 6.07) is 9.95. The number of ketones is 2. The topological polar surface area (TPSA) is 102 Å². The lowest BCUT2D eigenvalue weighted by atomic mass is 9.81. The summed E-state index contributed by atoms with van der Waals surface area (Å²) in [5, 5.41) is 18.5. The minimum absolute atomic E-state index is 0.0189. The number of benzene rings is 1. The molecule has 0 fully saturated rings. The smallest absolute Gasteiger partial charge is 0.168 e. The lowest BCUT2D eigenvalue weighted by Crippen LogP contribution is -2.21. The Morgan fingerprint density at radius 3 is 2.74 bits per heavy atom. The van der Waals surface area contributed by atoms with Crippen molar-refractivity contribution in [3.63, 3.8) is 0 Å². The first-order valence-corrected chi connectivity index (χ1v) is 10.8. The first kappa shape index (κ1) is 21.0. The van der Waals surface area contributed by atoms with E-state index in [2.05, 4.69) is 10.3 Å². The van der Waals surface area contributed by atoms with Crippen LogP contribution in [0.2, 0.25) is 0 Å². The van der Waals surface area contributed by atoms with Crippen LogP contribution in [0.15, 0.2) is 51.3 Å². The van der Waals surface area contributed by atoms with Crippen LogP contribution < -0.4 is 0 Å². The second-order valence-corrected chi connectivity index (χ2v) is 7.92. The van der Waals surface area contributed by atoms with E-state index in [1.807, 2.05) is 30.3 Å². The van der Waals surface area contributed by atoms with Crippen molar-refractivity contribution in [1.82, 2.24) is 5.16 Å². The number of hydrogen-bond donors (Lipinski definition) is 1. The Bertz CT molecular complexity index is 1040. The van der Waals surface area contributed by atoms with Crippen LogP contribution in [0.25, 0.3) is 0 Å². The number of allylic oxidation sites excluding steroid dienone is 2. The SMILES string of the molecule is CCO/N=C(\CCc1noc2c1C(=O)CC(c1ccccc1)C2)C1=C(O)CCCC1=O. The van der Waals surface area contributed by atoms with Crippen molar-refractivity contribution < 1.29 is 24.1 Å². The Morgan fingerprint density at radius 2 is 2.00 bits per heavy atom. The molecule has 0 radical (unpaired) electrons. The van der Waals surface area contributed by atoms with Gasteiger partial charge >= 0.3 is 0 Å². The van der Waals surface area contributed by atoms with Gasteiger partial charge in [-0.1, -0.05) is 40.6 Å². The second kappa shape index (κ2) is 9.29. The van der Waals surface area contributed by atoms with Crippen LogP contribution in [0.3, 0.4) is 0 Å². The average Bonchev–Trinajstić information content (AvgIpc) is 3.19. The molecule has 0 amide bonds. The van der Waals surface area contributed by atoms with E-state index in [1.165, 1.54) is 0 Å². The van der Waals surface area contributed by atoms with E-state index in [-0.39, 0.29) is 28.8 Å². The lowest BCUT2D eigenvalue weighted by Gasteiger charge is -2.20. The van der Waals surface area contributed by atoms with Gasteiger partial charge < -0.3 is 14.5 Å². The van der Waals surface area contributed by atoms with Crippen molar-refractivity contribution >= 4 is 17.3 Å². The fourth-order valence-electron chi connectivity index (χ4n) is 4.32. The number of aromatic nitrogens is 1. The zero-order valence-electron chi connectivity index (χ0n) is 17.6. The number of oxime groups is 1. The Hall–Kier alpha value is -3.22. The van der Waals surface area contributed by atoms with Crippen molar-refractivity contribution in [1.29, 1.82) is 0 Å². The van der Waals surface area contributed by atoms with Gasteiger partial charge in [0.1, 0.15) is 18.1 Å². The third-order valence-corrected chi connectivity index (χ3v) is 5.82. The third kappa shape index (κ3) is 4.45. The average molecular weight is 422 g/mol. The number of rotatable bonds is 7. The Morgan fingerprint density at radius 1 is 1.19 bits per heavy atom. The maximum atomic E-state index is 12.9. The predicted molar refractivity (Wildman–Crippen MR) is 114 cm³/mol. The van der Waals surface area contributed by atoms with Crippen molar-refractivity contribution in [3.05, 3.63) is 64.2 Å². The highest BCUT2D eigenvalue weighted by Gasteiger charge is 2.33. The van der Waals surface area contributed by atoms with E-state index < -0.39 is 0 Å². The van der Waals surface area contributed by atoms with Crippen LogP contribution in [0, 0.1) is 0 Å². The van der Waals surface area contributed by atoms with Crippen LogP contribution in [0.5, 0.6) is 0 Å². The van der Waals surface area contributed by atoms with E-state index in [0.717, 1.165) is 5.56 Å². The minimum atomic E-state index is -0.133. The molecule has 0 saturated heterocycles. The van der Waals surface area contributed by atoms with Crippen molar-refractivity contribution in [2.24, 2.45) is 5.16 Å². The van der Waals surface area contributed by atoms with Gasteiger partial charge in [0.2, 0.25) is 0 Å². The quantitative estimate of drug-likeness (QED) is 0.521. The van der Waals surface area contributed by atoms with Gasteiger partial charge in [-0.15, -0.1) is 0 Å². The molecule has 7 heteroatoms. The number of carbonyl (C=O) groups is 2. The Balaban J connectivity index is 1.54. The van der Waals surface area contributed by atoms with E-state index in [0.29, 0.717) is 74.3 Å². The Labute approximate surface area is 180 Å². The molecular formula is C24H26N2O5. The van der Waals surface area contributed by atoms with E-state index in [1.54, 1.807) is 6.92 Å². The van der Waals surface area contributed by atoms with Gasteiger partial charge in [0.05, 0.1) is 22.5 Å². The zero-order valence-corrected chi connectivity index (χ0v) is 17.6. The van der Waals surface area contributed by atoms with E-state index in [4.69, 9.17) is 9.36 Å². The zero-order chi connectivity index (χ0) is 21.8. The number of aliphatic hydroxyl groups excluding tert-OH is 1. The molecule has 0 aliphatic heterocycles. The first-order chi connectivity index (χ1) is 15.1. The van der Waals surface area contributed by atoms with Crippen molar-refractivity contribution in [2.75, 3.05) is 6.61 Å². The predicted octanol–water partition coefficient (Wildman–Crippen LogP) is 4.48. The number of carbonyl (C=O) groups excluding carboxylic acids is 2. The second-order valence-electron chi connectivity index (χ2n) is 7.92. The molecule has 31 heavy (non-hydrogen) atoms. The molecule has 1 unspecified atom stereocenters. The lowest BCUT2D eigenvalue weighted by molar-refractivity contribution is -0.115. The summed E-state index contributed by atoms with van der Waals surface area (Å²) in [7, 11) is 0.